The van der Waals surface area contributed by atoms with E-state index in [1.807, 2.05) is 31.2 Å². The first-order chi connectivity index (χ1) is 15.4. The number of aliphatic hydroxyl groups excluding tert-OH is 1. The summed E-state index contributed by atoms with van der Waals surface area (Å²) in [6.45, 7) is 2.09. The summed E-state index contributed by atoms with van der Waals surface area (Å²) in [4.78, 5) is 34.9. The molecule has 32 heavy (non-hydrogen) atoms. The van der Waals surface area contributed by atoms with E-state index in [0.29, 0.717) is 5.78 Å². The summed E-state index contributed by atoms with van der Waals surface area (Å²) in [5, 5.41) is 10.8. The molecule has 0 saturated carbocycles. The molecular formula is C19H17BrN5O6P. The van der Waals surface area contributed by atoms with E-state index in [2.05, 4.69) is 30.9 Å². The number of hydrogen-bond donors (Lipinski definition) is 3. The van der Waals surface area contributed by atoms with Crippen LogP contribution >= 0.6 is 24.5 Å². The molecule has 0 bridgehead atoms. The van der Waals surface area contributed by atoms with Crippen molar-refractivity contribution in [2.24, 2.45) is 0 Å². The first kappa shape index (κ1) is 20.4. The van der Waals surface area contributed by atoms with Crippen LogP contribution in [0.2, 0.25) is 0 Å². The molecular weight excluding hydrogens is 505 g/mol. The molecule has 0 spiro atoms. The van der Waals surface area contributed by atoms with Crippen LogP contribution in [0.5, 0.6) is 0 Å². The quantitative estimate of drug-likeness (QED) is 0.269. The van der Waals surface area contributed by atoms with Gasteiger partial charge < -0.3 is 28.8 Å². The van der Waals surface area contributed by atoms with Crippen LogP contribution in [-0.4, -0.2) is 58.8 Å². The predicted octanol–water partition coefficient (Wildman–Crippen LogP) is 2.00. The molecule has 2 aliphatic heterocycles. The van der Waals surface area contributed by atoms with E-state index < -0.39 is 33.1 Å². The molecule has 0 amide bonds. The minimum absolute atomic E-state index is 0.0849. The van der Waals surface area contributed by atoms with Crippen molar-refractivity contribution in [2.75, 3.05) is 6.61 Å². The van der Waals surface area contributed by atoms with Crippen LogP contribution in [0.3, 0.4) is 0 Å². The number of aliphatic hydroxyl groups is 1. The zero-order valence-electron chi connectivity index (χ0n) is 16.5. The molecule has 166 valence electrons. The Morgan fingerprint density at radius 3 is 2.84 bits per heavy atom. The van der Waals surface area contributed by atoms with Crippen molar-refractivity contribution in [1.82, 2.24) is 23.9 Å². The number of H-pyrrole nitrogens is 1. The number of ether oxygens (including phenoxy) is 1. The average Bonchev–Trinajstić information content (AvgIpc) is 3.43. The van der Waals surface area contributed by atoms with Crippen LogP contribution in [-0.2, 0) is 13.8 Å². The second-order valence-electron chi connectivity index (χ2n) is 7.73. The third-order valence-electron chi connectivity index (χ3n) is 5.70. The number of aryl methyl sites for hydroxylation is 1. The van der Waals surface area contributed by atoms with Gasteiger partial charge in [-0.2, -0.15) is 4.98 Å². The van der Waals surface area contributed by atoms with Crippen molar-refractivity contribution in [3.05, 3.63) is 51.1 Å². The summed E-state index contributed by atoms with van der Waals surface area (Å²) < 4.78 is 19.6. The van der Waals surface area contributed by atoms with Crippen molar-refractivity contribution in [2.45, 2.75) is 31.5 Å². The second kappa shape index (κ2) is 7.42. The summed E-state index contributed by atoms with van der Waals surface area (Å²) >= 11 is 3.36. The number of nitrogens with zero attached hydrogens (tertiary/aromatic N) is 4. The van der Waals surface area contributed by atoms with Gasteiger partial charge in [-0.15, -0.1) is 0 Å². The fourth-order valence-electron chi connectivity index (χ4n) is 4.08. The first-order valence-corrected chi connectivity index (χ1v) is 11.7. The molecule has 13 heteroatoms. The monoisotopic (exact) mass is 521 g/mol. The Labute approximate surface area is 189 Å². The predicted molar refractivity (Wildman–Crippen MR) is 117 cm³/mol. The third kappa shape index (κ3) is 3.06. The highest BCUT2D eigenvalue weighted by molar-refractivity contribution is 9.10. The lowest BCUT2D eigenvalue weighted by Crippen LogP contribution is -2.38. The highest BCUT2D eigenvalue weighted by Crippen LogP contribution is 2.47. The molecule has 2 fully saturated rings. The molecule has 5 atom stereocenters. The van der Waals surface area contributed by atoms with Gasteiger partial charge in [0.25, 0.3) is 5.56 Å². The minimum atomic E-state index is -2.07. The summed E-state index contributed by atoms with van der Waals surface area (Å²) in [6.07, 6.45) is -1.71. The summed E-state index contributed by atoms with van der Waals surface area (Å²) in [5.74, 6) is 0.329. The van der Waals surface area contributed by atoms with E-state index in [0.717, 1.165) is 16.8 Å². The lowest BCUT2D eigenvalue weighted by molar-refractivity contribution is -0.0594. The maximum absolute atomic E-state index is 13.2. The molecule has 2 saturated heterocycles. The molecule has 4 aromatic rings. The Morgan fingerprint density at radius 1 is 1.28 bits per heavy atom. The topological polar surface area (TPSA) is 136 Å². The van der Waals surface area contributed by atoms with Gasteiger partial charge in [0.2, 0.25) is 5.78 Å². The maximum Gasteiger partial charge on any atom is 0.330 e. The molecule has 1 aromatic carbocycles. The standard InChI is InChI=1S/C19H17BrN5O6P/c1-8-2-4-9(5-3-8)10-6-24-16(27)12-15(23-19(24)21-10)25(18(20)22-12)17-13(26)14-11(30-17)7-29-32(28)31-14/h2-6,11,13-14,17,26,28H,7H2,1H3,(H,21,23)/t11?,13?,14-,17-,32?/m1/s1. The normalized spacial score (nSPS) is 27.9. The highest BCUT2D eigenvalue weighted by atomic mass is 79.9. The zero-order valence-corrected chi connectivity index (χ0v) is 19.0. The van der Waals surface area contributed by atoms with Crippen LogP contribution in [0.1, 0.15) is 11.8 Å². The van der Waals surface area contributed by atoms with Gasteiger partial charge in [-0.1, -0.05) is 29.8 Å². The van der Waals surface area contributed by atoms with Crippen LogP contribution in [0, 0.1) is 6.92 Å². The van der Waals surface area contributed by atoms with Crippen LogP contribution in [0.4, 0.5) is 0 Å². The number of imidazole rings is 2. The number of rotatable bonds is 2. The van der Waals surface area contributed by atoms with Gasteiger partial charge >= 0.3 is 8.60 Å². The van der Waals surface area contributed by atoms with E-state index >= 15 is 0 Å². The Hall–Kier alpha value is -2.18. The summed E-state index contributed by atoms with van der Waals surface area (Å²) in [6, 6.07) is 7.90. The first-order valence-electron chi connectivity index (χ1n) is 9.79. The zero-order chi connectivity index (χ0) is 22.1. The molecule has 6 rings (SSSR count). The van der Waals surface area contributed by atoms with E-state index in [9.17, 15) is 14.8 Å². The van der Waals surface area contributed by atoms with E-state index in [-0.39, 0.29) is 28.1 Å². The fourth-order valence-corrected chi connectivity index (χ4v) is 5.43. The molecule has 11 nitrogen and oxygen atoms in total. The van der Waals surface area contributed by atoms with Gasteiger partial charge in [0.15, 0.2) is 22.1 Å². The van der Waals surface area contributed by atoms with Crippen LogP contribution in [0.25, 0.3) is 28.2 Å². The molecule has 3 unspecified atom stereocenters. The number of halogens is 1. The van der Waals surface area contributed by atoms with Crippen molar-refractivity contribution >= 4 is 41.5 Å². The minimum Gasteiger partial charge on any atom is -0.386 e. The van der Waals surface area contributed by atoms with Gasteiger partial charge in [-0.3, -0.25) is 9.36 Å². The Kier molecular flexibility index (Phi) is 4.74. The van der Waals surface area contributed by atoms with Crippen molar-refractivity contribution in [3.63, 3.8) is 0 Å². The van der Waals surface area contributed by atoms with Gasteiger partial charge in [0, 0.05) is 6.20 Å². The van der Waals surface area contributed by atoms with Gasteiger partial charge in [-0.25, -0.2) is 9.38 Å². The van der Waals surface area contributed by atoms with Crippen molar-refractivity contribution < 1.29 is 23.8 Å². The lowest BCUT2D eigenvalue weighted by Gasteiger charge is -2.27. The molecule has 3 aromatic heterocycles. The maximum atomic E-state index is 13.2. The highest BCUT2D eigenvalue weighted by Gasteiger charge is 2.50. The summed E-state index contributed by atoms with van der Waals surface area (Å²) in [5.41, 5.74) is 2.79. The van der Waals surface area contributed by atoms with Crippen LogP contribution in [0.15, 0.2) is 40.0 Å². The molecule has 3 N–H and O–H groups in total. The molecule has 2 aliphatic rings. The Morgan fingerprint density at radius 2 is 2.06 bits per heavy atom. The average molecular weight is 522 g/mol. The lowest BCUT2D eigenvalue weighted by atomic mass is 10.1. The Bertz CT molecular complexity index is 1400. The van der Waals surface area contributed by atoms with Crippen LogP contribution < -0.4 is 5.56 Å². The van der Waals surface area contributed by atoms with E-state index in [1.165, 1.54) is 8.97 Å². The van der Waals surface area contributed by atoms with Gasteiger partial charge in [-0.05, 0) is 28.4 Å². The smallest absolute Gasteiger partial charge is 0.330 e. The fraction of sp³-hybridized carbons (Fsp3) is 0.316. The van der Waals surface area contributed by atoms with Gasteiger partial charge in [0.05, 0.1) is 12.3 Å². The number of fused-ring (bicyclic) bond motifs is 3. The van der Waals surface area contributed by atoms with E-state index in [1.54, 1.807) is 6.20 Å². The summed E-state index contributed by atoms with van der Waals surface area (Å²) in [7, 11) is -2.07. The van der Waals surface area contributed by atoms with Crippen molar-refractivity contribution in [1.29, 1.82) is 0 Å². The number of benzene rings is 1. The number of aromatic nitrogens is 5. The Balaban J connectivity index is 1.47. The SMILES string of the molecule is Cc1ccc(-c2cn3c(=O)c4nc(Br)n([C@@H]5OC6COP(O)O[C@H]6C5O)c4nc3[nH]2)cc1. The molecule has 5 heterocycles. The van der Waals surface area contributed by atoms with Crippen molar-refractivity contribution in [3.8, 4) is 11.3 Å². The molecule has 0 aliphatic carbocycles. The third-order valence-corrected chi connectivity index (χ3v) is 7.05. The number of aromatic amines is 1. The number of nitrogens with one attached hydrogen (secondary N) is 1. The van der Waals surface area contributed by atoms with E-state index in [4.69, 9.17) is 13.8 Å². The van der Waals surface area contributed by atoms with Gasteiger partial charge in [0.1, 0.15) is 18.3 Å². The molecule has 0 radical (unpaired) electrons. The number of hydrogen-bond acceptors (Lipinski definition) is 8. The second-order valence-corrected chi connectivity index (χ2v) is 9.38. The largest absolute Gasteiger partial charge is 0.386 e.